The van der Waals surface area contributed by atoms with Crippen molar-refractivity contribution >= 4 is 11.9 Å². The third-order valence-corrected chi connectivity index (χ3v) is 3.30. The van der Waals surface area contributed by atoms with Crippen LogP contribution in [0, 0.1) is 0 Å². The molecule has 0 spiro atoms. The Morgan fingerprint density at radius 3 is 2.71 bits per heavy atom. The summed E-state index contributed by atoms with van der Waals surface area (Å²) in [5.74, 6) is -1.09. The average Bonchev–Trinajstić information content (AvgIpc) is 3.18. The summed E-state index contributed by atoms with van der Waals surface area (Å²) in [7, 11) is 1.49. The van der Waals surface area contributed by atoms with Crippen molar-refractivity contribution < 1.29 is 32.0 Å². The molecule has 0 aliphatic carbocycles. The molecular weight excluding hydrogens is 383 g/mol. The quantitative estimate of drug-likeness (QED) is 0.700. The largest absolute Gasteiger partial charge is 0.495 e. The van der Waals surface area contributed by atoms with Crippen LogP contribution in [0.15, 0.2) is 41.3 Å². The number of halogens is 3. The number of ether oxygens (including phenoxy) is 2. The van der Waals surface area contributed by atoms with Gasteiger partial charge in [0.15, 0.2) is 0 Å². The topological polar surface area (TPSA) is 112 Å². The number of hydrogen-bond acceptors (Lipinski definition) is 8. The number of nitrogens with zero attached hydrogens (tertiary/aromatic N) is 4. The number of hydrogen-bond donors (Lipinski definition) is 1. The van der Waals surface area contributed by atoms with Gasteiger partial charge in [-0.05, 0) is 18.2 Å². The van der Waals surface area contributed by atoms with Gasteiger partial charge in [-0.2, -0.15) is 18.2 Å². The van der Waals surface area contributed by atoms with E-state index in [1.54, 1.807) is 6.07 Å². The van der Waals surface area contributed by atoms with Crippen LogP contribution in [-0.4, -0.2) is 33.3 Å². The van der Waals surface area contributed by atoms with E-state index >= 15 is 0 Å². The zero-order valence-corrected chi connectivity index (χ0v) is 14.2. The maximum atomic E-state index is 12.5. The summed E-state index contributed by atoms with van der Waals surface area (Å²) in [6, 6.07) is 4.39. The summed E-state index contributed by atoms with van der Waals surface area (Å²) < 4.78 is 51.6. The number of alkyl halides is 3. The number of amides is 1. The van der Waals surface area contributed by atoms with Gasteiger partial charge in [0.05, 0.1) is 13.3 Å². The van der Waals surface area contributed by atoms with Gasteiger partial charge in [-0.3, -0.25) is 10.3 Å². The number of nitrogens with one attached hydrogen (secondary N) is 1. The van der Waals surface area contributed by atoms with Crippen molar-refractivity contribution in [2.24, 2.45) is 0 Å². The third-order valence-electron chi connectivity index (χ3n) is 3.30. The lowest BCUT2D eigenvalue weighted by atomic mass is 10.2. The summed E-state index contributed by atoms with van der Waals surface area (Å²) in [6.07, 6.45) is -1.30. The molecule has 0 atom stereocenters. The minimum Gasteiger partial charge on any atom is -0.495 e. The van der Waals surface area contributed by atoms with E-state index in [2.05, 4.69) is 29.9 Å². The normalized spacial score (nSPS) is 11.1. The number of aromatic nitrogens is 4. The molecule has 0 saturated heterocycles. The highest BCUT2D eigenvalue weighted by Crippen LogP contribution is 2.29. The second-order valence-corrected chi connectivity index (χ2v) is 5.29. The Bertz CT molecular complexity index is 959. The first-order chi connectivity index (χ1) is 13.3. The van der Waals surface area contributed by atoms with E-state index in [0.717, 1.165) is 0 Å². The molecule has 146 valence electrons. The molecular formula is C16H12F3N5O4. The first kappa shape index (κ1) is 19.1. The van der Waals surface area contributed by atoms with Crippen molar-refractivity contribution in [1.29, 1.82) is 0 Å². The molecule has 0 fully saturated rings. The number of rotatable bonds is 5. The van der Waals surface area contributed by atoms with Crippen LogP contribution < -0.4 is 10.1 Å². The minimum absolute atomic E-state index is 0.0444. The number of carbonyl (C=O) groups is 1. The van der Waals surface area contributed by atoms with Gasteiger partial charge in [0, 0.05) is 23.5 Å². The zero-order chi connectivity index (χ0) is 20.1. The molecule has 0 radical (unpaired) electrons. The van der Waals surface area contributed by atoms with Crippen LogP contribution in [0.2, 0.25) is 0 Å². The Morgan fingerprint density at radius 2 is 2.07 bits per heavy atom. The number of carbonyl (C=O) groups excluding carboxylic acids is 1. The van der Waals surface area contributed by atoms with Crippen molar-refractivity contribution in [2.75, 3.05) is 12.4 Å². The Morgan fingerprint density at radius 1 is 1.25 bits per heavy atom. The molecule has 3 aromatic heterocycles. The van der Waals surface area contributed by atoms with Gasteiger partial charge < -0.3 is 14.0 Å². The van der Waals surface area contributed by atoms with Crippen molar-refractivity contribution in [3.05, 3.63) is 48.2 Å². The second kappa shape index (κ2) is 7.90. The predicted octanol–water partition coefficient (Wildman–Crippen LogP) is 3.30. The van der Waals surface area contributed by atoms with Crippen molar-refractivity contribution in [3.63, 3.8) is 0 Å². The molecule has 0 aromatic carbocycles. The summed E-state index contributed by atoms with van der Waals surface area (Å²) >= 11 is 0. The molecule has 0 saturated carbocycles. The molecule has 3 rings (SSSR count). The van der Waals surface area contributed by atoms with Crippen molar-refractivity contribution in [2.45, 2.75) is 12.8 Å². The highest BCUT2D eigenvalue weighted by Gasteiger charge is 2.38. The predicted molar refractivity (Wildman–Crippen MR) is 87.1 cm³/mol. The van der Waals surface area contributed by atoms with Crippen LogP contribution in [0.5, 0.6) is 5.75 Å². The van der Waals surface area contributed by atoms with Gasteiger partial charge in [0.2, 0.25) is 5.82 Å². The summed E-state index contributed by atoms with van der Waals surface area (Å²) in [5, 5.41) is 5.63. The molecule has 28 heavy (non-hydrogen) atoms. The summed E-state index contributed by atoms with van der Waals surface area (Å²) in [5.41, 5.74) is 0.802. The van der Waals surface area contributed by atoms with Crippen LogP contribution >= 0.6 is 0 Å². The SMILES string of the molecule is COc1cncc(COC(=O)Nc2ccc(-c3noc(C(F)(F)F)n3)cn2)c1. The fourth-order valence-electron chi connectivity index (χ4n) is 2.00. The van der Waals surface area contributed by atoms with Gasteiger partial charge in [0.25, 0.3) is 0 Å². The molecule has 0 bridgehead atoms. The number of pyridine rings is 2. The Hall–Kier alpha value is -3.70. The maximum Gasteiger partial charge on any atom is 0.471 e. The minimum atomic E-state index is -4.73. The van der Waals surface area contributed by atoms with Crippen LogP contribution in [-0.2, 0) is 17.5 Å². The molecule has 3 heterocycles. The van der Waals surface area contributed by atoms with E-state index in [-0.39, 0.29) is 23.8 Å². The second-order valence-electron chi connectivity index (χ2n) is 5.29. The van der Waals surface area contributed by atoms with Crippen LogP contribution in [0.3, 0.4) is 0 Å². The molecule has 0 aliphatic rings. The number of methoxy groups -OCH3 is 1. The standard InChI is InChI=1S/C16H12F3N5O4/c1-26-11-4-9(5-20-7-11)8-27-15(25)22-12-3-2-10(6-21-12)13-23-14(28-24-13)16(17,18)19/h2-7H,8H2,1H3,(H,21,22,25). The van der Waals surface area contributed by atoms with Gasteiger partial charge >= 0.3 is 18.2 Å². The average molecular weight is 395 g/mol. The Labute approximate surface area is 155 Å². The van der Waals surface area contributed by atoms with Gasteiger partial charge in [-0.15, -0.1) is 0 Å². The molecule has 12 heteroatoms. The van der Waals surface area contributed by atoms with Crippen LogP contribution in [0.4, 0.5) is 23.8 Å². The molecule has 1 amide bonds. The first-order valence-electron chi connectivity index (χ1n) is 7.64. The molecule has 3 aromatic rings. The monoisotopic (exact) mass is 395 g/mol. The van der Waals surface area contributed by atoms with E-state index in [1.165, 1.54) is 37.8 Å². The summed E-state index contributed by atoms with van der Waals surface area (Å²) in [4.78, 5) is 22.9. The molecule has 0 unspecified atom stereocenters. The van der Waals surface area contributed by atoms with Crippen LogP contribution in [0.25, 0.3) is 11.4 Å². The first-order valence-corrected chi connectivity index (χ1v) is 7.64. The lowest BCUT2D eigenvalue weighted by Crippen LogP contribution is -2.14. The Balaban J connectivity index is 1.57. The number of anilines is 1. The van der Waals surface area contributed by atoms with Gasteiger partial charge in [-0.25, -0.2) is 9.78 Å². The van der Waals surface area contributed by atoms with E-state index in [1.807, 2.05) is 0 Å². The van der Waals surface area contributed by atoms with E-state index in [4.69, 9.17) is 9.47 Å². The highest BCUT2D eigenvalue weighted by molar-refractivity contribution is 5.83. The fraction of sp³-hybridized carbons (Fsp3) is 0.188. The zero-order valence-electron chi connectivity index (χ0n) is 14.2. The van der Waals surface area contributed by atoms with E-state index in [9.17, 15) is 18.0 Å². The molecule has 1 N–H and O–H groups in total. The third kappa shape index (κ3) is 4.72. The lowest BCUT2D eigenvalue weighted by molar-refractivity contribution is -0.159. The fourth-order valence-corrected chi connectivity index (χ4v) is 2.00. The van der Waals surface area contributed by atoms with Crippen molar-refractivity contribution in [3.8, 4) is 17.1 Å². The van der Waals surface area contributed by atoms with E-state index in [0.29, 0.717) is 11.3 Å². The molecule has 0 aliphatic heterocycles. The smallest absolute Gasteiger partial charge is 0.471 e. The van der Waals surface area contributed by atoms with Gasteiger partial charge in [-0.1, -0.05) is 5.16 Å². The van der Waals surface area contributed by atoms with E-state index < -0.39 is 18.2 Å². The van der Waals surface area contributed by atoms with Crippen molar-refractivity contribution in [1.82, 2.24) is 20.1 Å². The van der Waals surface area contributed by atoms with Crippen LogP contribution in [0.1, 0.15) is 11.5 Å². The highest BCUT2D eigenvalue weighted by atomic mass is 19.4. The lowest BCUT2D eigenvalue weighted by Gasteiger charge is -2.07. The molecule has 9 nitrogen and oxygen atoms in total. The Kier molecular flexibility index (Phi) is 5.38. The maximum absolute atomic E-state index is 12.5. The van der Waals surface area contributed by atoms with Gasteiger partial charge in [0.1, 0.15) is 18.2 Å². The summed E-state index contributed by atoms with van der Waals surface area (Å²) in [6.45, 7) is -0.0444.